The topological polar surface area (TPSA) is 66.8 Å². The van der Waals surface area contributed by atoms with Crippen LogP contribution in [0, 0.1) is 0 Å². The van der Waals surface area contributed by atoms with E-state index in [1.165, 1.54) is 0 Å². The van der Waals surface area contributed by atoms with Crippen molar-refractivity contribution < 1.29 is 18.9 Å². The lowest BCUT2D eigenvalue weighted by Crippen LogP contribution is -2.38. The van der Waals surface area contributed by atoms with E-state index in [0.29, 0.717) is 35.8 Å². The molecule has 2 N–H and O–H groups in total. The van der Waals surface area contributed by atoms with Crippen LogP contribution in [0.1, 0.15) is 38.5 Å². The molecule has 0 radical (unpaired) electrons. The summed E-state index contributed by atoms with van der Waals surface area (Å²) in [6.45, 7) is 0. The molecule has 0 aliphatic rings. The summed E-state index contributed by atoms with van der Waals surface area (Å²) in [6.07, 6.45) is 4.23. The number of alkyl halides is 5. The smallest absolute Gasteiger partial charge is 0.303 e. The third-order valence-corrected chi connectivity index (χ3v) is 8.59. The molecule has 0 aromatic rings. The fourth-order valence-electron chi connectivity index (χ4n) is 2.29. The maximum atomic E-state index is 11.5. The average Bonchev–Trinajstić information content (AvgIpc) is 2.41. The van der Waals surface area contributed by atoms with E-state index in [-0.39, 0.29) is 9.65 Å². The lowest BCUT2D eigenvalue weighted by atomic mass is 9.87. The zero-order valence-corrected chi connectivity index (χ0v) is 20.1. The van der Waals surface area contributed by atoms with E-state index in [9.17, 15) is 14.4 Å². The van der Waals surface area contributed by atoms with Crippen LogP contribution in [0.15, 0.2) is 0 Å². The first-order valence-electron chi connectivity index (χ1n) is 6.90. The van der Waals surface area contributed by atoms with Crippen molar-refractivity contribution >= 4 is 83.1 Å². The molecule has 0 fully saturated rings. The molecule has 10 heteroatoms. The monoisotopic (exact) mass is 612 g/mol. The molecule has 0 saturated carbocycles. The summed E-state index contributed by atoms with van der Waals surface area (Å²) in [7, 11) is -4.57. The van der Waals surface area contributed by atoms with Gasteiger partial charge in [0.15, 0.2) is 0 Å². The Morgan fingerprint density at radius 3 is 1.91 bits per heavy atom. The Morgan fingerprint density at radius 2 is 1.55 bits per heavy atom. The van der Waals surface area contributed by atoms with Gasteiger partial charge in [0.05, 0.1) is 5.60 Å². The van der Waals surface area contributed by atoms with Crippen LogP contribution in [0.2, 0.25) is 0 Å². The van der Waals surface area contributed by atoms with Crippen LogP contribution >= 0.6 is 83.1 Å². The predicted octanol–water partition coefficient (Wildman–Crippen LogP) is 5.73. The van der Waals surface area contributed by atoms with Crippen molar-refractivity contribution in [3.8, 4) is 0 Å². The largest absolute Gasteiger partial charge is 0.470 e. The molecule has 2 unspecified atom stereocenters. The molecule has 0 heterocycles. The van der Waals surface area contributed by atoms with Crippen LogP contribution in [0.3, 0.4) is 0 Å². The first-order valence-corrected chi connectivity index (χ1v) is 13.0. The highest BCUT2D eigenvalue weighted by Crippen LogP contribution is 2.48. The molecule has 2 atom stereocenters. The van der Waals surface area contributed by atoms with Gasteiger partial charge in [0.1, 0.15) is 0 Å². The van der Waals surface area contributed by atoms with Gasteiger partial charge in [-0.1, -0.05) is 76.6 Å². The summed E-state index contributed by atoms with van der Waals surface area (Å²) >= 11 is 19.5. The number of hydrogen-bond acceptors (Lipinski definition) is 2. The SMILES string of the molecule is O=P(O)(O)OC(CCCCCCl)(CC(Br)CBr)CC(Br)CBr. The molecular weight excluding hydrogens is 594 g/mol. The van der Waals surface area contributed by atoms with Crippen molar-refractivity contribution in [3.63, 3.8) is 0 Å². The van der Waals surface area contributed by atoms with Gasteiger partial charge in [-0.3, -0.25) is 4.52 Å². The summed E-state index contributed by atoms with van der Waals surface area (Å²) < 4.78 is 16.8. The van der Waals surface area contributed by atoms with Crippen LogP contribution in [0.25, 0.3) is 0 Å². The zero-order valence-electron chi connectivity index (χ0n) is 12.1. The third kappa shape index (κ3) is 11.8. The minimum absolute atomic E-state index is 0.0714. The van der Waals surface area contributed by atoms with E-state index in [0.717, 1.165) is 19.3 Å². The first kappa shape index (κ1) is 24.3. The van der Waals surface area contributed by atoms with Crippen molar-refractivity contribution in [2.45, 2.75) is 53.8 Å². The second-order valence-corrected chi connectivity index (χ2v) is 10.6. The highest BCUT2D eigenvalue weighted by molar-refractivity contribution is 9.12. The van der Waals surface area contributed by atoms with Crippen LogP contribution in [-0.4, -0.2) is 41.6 Å². The number of phosphoric acid groups is 1. The van der Waals surface area contributed by atoms with Crippen molar-refractivity contribution in [2.24, 2.45) is 0 Å². The highest BCUT2D eigenvalue weighted by atomic mass is 79.9. The molecule has 0 aromatic heterocycles. The first-order chi connectivity index (χ1) is 10.2. The van der Waals surface area contributed by atoms with E-state index < -0.39 is 13.4 Å². The van der Waals surface area contributed by atoms with Crippen LogP contribution in [-0.2, 0) is 9.09 Å². The minimum atomic E-state index is -4.57. The van der Waals surface area contributed by atoms with Gasteiger partial charge in [-0.05, 0) is 25.7 Å². The van der Waals surface area contributed by atoms with Gasteiger partial charge < -0.3 is 9.79 Å². The molecule has 4 nitrogen and oxygen atoms in total. The van der Waals surface area contributed by atoms with Gasteiger partial charge in [0.2, 0.25) is 0 Å². The molecule has 0 amide bonds. The molecule has 0 aliphatic heterocycles. The second-order valence-electron chi connectivity index (χ2n) is 5.18. The van der Waals surface area contributed by atoms with Gasteiger partial charge in [0.25, 0.3) is 0 Å². The summed E-state index contributed by atoms with van der Waals surface area (Å²) in [4.78, 5) is 18.8. The molecule has 0 aliphatic carbocycles. The highest BCUT2D eigenvalue weighted by Gasteiger charge is 2.40. The third-order valence-electron chi connectivity index (χ3n) is 3.10. The van der Waals surface area contributed by atoms with E-state index in [1.54, 1.807) is 0 Å². The Hall–Kier alpha value is 2.32. The standard InChI is InChI=1S/C12H22Br4ClO4P/c13-8-10(15)6-12(7-11(16)9-14,21-22(18,19)20)4-2-1-3-5-17/h10-11H,1-9H2,(H2,18,19,20). The quantitative estimate of drug-likeness (QED) is 0.158. The fraction of sp³-hybridized carbons (Fsp3) is 1.00. The van der Waals surface area contributed by atoms with Crippen molar-refractivity contribution in [1.29, 1.82) is 0 Å². The Kier molecular flexibility index (Phi) is 14.0. The molecule has 0 bridgehead atoms. The molecule has 0 aromatic carbocycles. The zero-order chi connectivity index (χ0) is 17.2. The summed E-state index contributed by atoms with van der Waals surface area (Å²) in [5.41, 5.74) is -0.880. The van der Waals surface area contributed by atoms with E-state index in [2.05, 4.69) is 63.7 Å². The number of phosphoric ester groups is 1. The maximum absolute atomic E-state index is 11.5. The molecular formula is C12H22Br4ClO4P. The van der Waals surface area contributed by atoms with E-state index in [1.807, 2.05) is 0 Å². The summed E-state index contributed by atoms with van der Waals surface area (Å²) in [5, 5.41) is 1.37. The fourth-order valence-corrected chi connectivity index (χ4v) is 4.87. The molecule has 0 saturated heterocycles. The minimum Gasteiger partial charge on any atom is -0.303 e. The second kappa shape index (κ2) is 12.6. The molecule has 22 heavy (non-hydrogen) atoms. The van der Waals surface area contributed by atoms with Crippen LogP contribution in [0.4, 0.5) is 0 Å². The average molecular weight is 616 g/mol. The van der Waals surface area contributed by atoms with Crippen LogP contribution < -0.4 is 0 Å². The summed E-state index contributed by atoms with van der Waals surface area (Å²) in [6, 6.07) is 0. The Morgan fingerprint density at radius 1 is 1.05 bits per heavy atom. The lowest BCUT2D eigenvalue weighted by Gasteiger charge is -2.36. The Balaban J connectivity index is 5.14. The van der Waals surface area contributed by atoms with Gasteiger partial charge >= 0.3 is 7.82 Å². The van der Waals surface area contributed by atoms with E-state index >= 15 is 0 Å². The predicted molar refractivity (Wildman–Crippen MR) is 107 cm³/mol. The summed E-state index contributed by atoms with van der Waals surface area (Å²) in [5.74, 6) is 0.595. The Bertz CT molecular complexity index is 333. The molecule has 134 valence electrons. The maximum Gasteiger partial charge on any atom is 0.470 e. The normalized spacial score (nSPS) is 18.0. The van der Waals surface area contributed by atoms with Crippen molar-refractivity contribution in [1.82, 2.24) is 0 Å². The van der Waals surface area contributed by atoms with Crippen molar-refractivity contribution in [3.05, 3.63) is 0 Å². The number of unbranched alkanes of at least 4 members (excludes halogenated alkanes) is 2. The van der Waals surface area contributed by atoms with Gasteiger partial charge in [-0.25, -0.2) is 4.57 Å². The number of rotatable bonds is 13. The number of hydrogen-bond donors (Lipinski definition) is 2. The van der Waals surface area contributed by atoms with Gasteiger partial charge in [-0.15, -0.1) is 11.6 Å². The molecule has 0 rings (SSSR count). The molecule has 0 spiro atoms. The van der Waals surface area contributed by atoms with Crippen molar-refractivity contribution in [2.75, 3.05) is 16.5 Å². The lowest BCUT2D eigenvalue weighted by molar-refractivity contribution is 0.0120. The Labute approximate surface area is 171 Å². The van der Waals surface area contributed by atoms with Gasteiger partial charge in [0, 0.05) is 26.2 Å². The van der Waals surface area contributed by atoms with Crippen LogP contribution in [0.5, 0.6) is 0 Å². The number of halogens is 5. The van der Waals surface area contributed by atoms with E-state index in [4.69, 9.17) is 16.1 Å². The van der Waals surface area contributed by atoms with Gasteiger partial charge in [-0.2, -0.15) is 0 Å².